The molecule has 0 saturated carbocycles. The third-order valence-electron chi connectivity index (χ3n) is 12.5. The van der Waals surface area contributed by atoms with Crippen molar-refractivity contribution in [2.24, 2.45) is 0 Å². The number of aryl methyl sites for hydroxylation is 2. The van der Waals surface area contributed by atoms with Crippen LogP contribution < -0.4 is 17.6 Å². The average molecular weight is 882 g/mol. The van der Waals surface area contributed by atoms with Gasteiger partial charge in [0.05, 0.1) is 0 Å². The van der Waals surface area contributed by atoms with E-state index in [2.05, 4.69) is 213 Å². The predicted molar refractivity (Wildman–Crippen MR) is 269 cm³/mol. The van der Waals surface area contributed by atoms with Crippen molar-refractivity contribution in [3.8, 4) is 51.0 Å². The van der Waals surface area contributed by atoms with Crippen LogP contribution in [-0.4, -0.2) is 32.8 Å². The van der Waals surface area contributed by atoms with Crippen LogP contribution in [0.25, 0.3) is 72.8 Å². The fraction of sp³-hybridized carbons (Fsp3) is 0.0339. The van der Waals surface area contributed by atoms with Gasteiger partial charge < -0.3 is 0 Å². The Hall–Kier alpha value is -7.67. The van der Waals surface area contributed by atoms with E-state index in [1.807, 2.05) is 36.4 Å². The first-order chi connectivity index (χ1) is 31.5. The third-order valence-corrected chi connectivity index (χ3v) is 22.5. The van der Waals surface area contributed by atoms with Crippen LogP contribution in [0.5, 0.6) is 0 Å². The summed E-state index contributed by atoms with van der Waals surface area (Å²) in [4.78, 5) is 15.8. The van der Waals surface area contributed by atoms with Gasteiger partial charge in [-0.15, -0.1) is 0 Å². The van der Waals surface area contributed by atoms with Gasteiger partial charge in [-0.1, -0.05) is 12.1 Å². The summed E-state index contributed by atoms with van der Waals surface area (Å²) in [7, 11) is 0. The monoisotopic (exact) mass is 882 g/mol. The molecule has 11 rings (SSSR count). The average Bonchev–Trinajstić information content (AvgIpc) is 3.67. The summed E-state index contributed by atoms with van der Waals surface area (Å²) in [5.41, 5.74) is 10.7. The molecule has 64 heavy (non-hydrogen) atoms. The summed E-state index contributed by atoms with van der Waals surface area (Å²) in [6.45, 7) is 4.33. The zero-order chi connectivity index (χ0) is 43.0. The molecular weight excluding hydrogens is 837 g/mol. The molecule has 11 aromatic rings. The van der Waals surface area contributed by atoms with Gasteiger partial charge in [-0.25, -0.2) is 0 Å². The van der Waals surface area contributed by atoms with E-state index in [9.17, 15) is 0 Å². The fourth-order valence-electron chi connectivity index (χ4n) is 9.51. The molecule has 0 saturated heterocycles. The molecular formula is C59H44GeN4. The van der Waals surface area contributed by atoms with E-state index < -0.39 is 13.3 Å². The van der Waals surface area contributed by atoms with Gasteiger partial charge in [-0.05, 0) is 0 Å². The Morgan fingerprint density at radius 1 is 0.328 bits per heavy atom. The molecule has 304 valence electrons. The molecule has 0 atom stereocenters. The summed E-state index contributed by atoms with van der Waals surface area (Å²) in [5, 5.41) is 2.42. The van der Waals surface area contributed by atoms with Gasteiger partial charge in [0.25, 0.3) is 0 Å². The van der Waals surface area contributed by atoms with Crippen molar-refractivity contribution in [2.75, 3.05) is 0 Å². The summed E-state index contributed by atoms with van der Waals surface area (Å²) < 4.78 is 7.93. The number of rotatable bonds is 9. The Kier molecular flexibility index (Phi) is 10.1. The van der Waals surface area contributed by atoms with Crippen LogP contribution in [0.3, 0.4) is 0 Å². The van der Waals surface area contributed by atoms with Crippen LogP contribution in [0.2, 0.25) is 0 Å². The maximum absolute atomic E-state index is 5.35. The van der Waals surface area contributed by atoms with Crippen LogP contribution in [0, 0.1) is 13.8 Å². The van der Waals surface area contributed by atoms with Crippen molar-refractivity contribution < 1.29 is 0 Å². The molecule has 2 heterocycles. The van der Waals surface area contributed by atoms with E-state index in [1.54, 1.807) is 0 Å². The van der Waals surface area contributed by atoms with E-state index in [0.29, 0.717) is 17.5 Å². The van der Waals surface area contributed by atoms with Gasteiger partial charge in [-0.3, -0.25) is 0 Å². The normalized spacial score (nSPS) is 11.6. The molecule has 0 spiro atoms. The summed E-state index contributed by atoms with van der Waals surface area (Å²) in [5.74, 6) is 1.87. The topological polar surface area (TPSA) is 43.6 Å². The van der Waals surface area contributed by atoms with Gasteiger partial charge in [0.1, 0.15) is 0 Å². The number of hydrogen-bond acceptors (Lipinski definition) is 3. The molecule has 5 heteroatoms. The first-order valence-corrected chi connectivity index (χ1v) is 26.0. The van der Waals surface area contributed by atoms with Gasteiger partial charge in [0, 0.05) is 0 Å². The van der Waals surface area contributed by atoms with Crippen molar-refractivity contribution in [3.05, 3.63) is 242 Å². The fourth-order valence-corrected chi connectivity index (χ4v) is 19.6. The summed E-state index contributed by atoms with van der Waals surface area (Å²) in [6.07, 6.45) is 0. The van der Waals surface area contributed by atoms with Crippen molar-refractivity contribution >= 4 is 52.7 Å². The van der Waals surface area contributed by atoms with Crippen molar-refractivity contribution in [1.29, 1.82) is 0 Å². The predicted octanol–water partition coefficient (Wildman–Crippen LogP) is 11.6. The number of nitrogens with zero attached hydrogens (tertiary/aromatic N) is 4. The molecule has 2 aromatic heterocycles. The molecule has 0 aliphatic heterocycles. The molecule has 0 N–H and O–H groups in total. The van der Waals surface area contributed by atoms with E-state index in [-0.39, 0.29) is 0 Å². The Labute approximate surface area is 376 Å². The second-order valence-corrected chi connectivity index (χ2v) is 24.6. The SMILES string of the molecule is Cc1ccc2c3ccc(C)cc3n(-c3ccc(-c4ccc[c]([Ge]([c]5ccccc5)([c]5ccccc5)[c]5ccccc5)c4)cc3-c3nc(-c4ccccc4)nc(-c4ccccc4)n3)c2c1. The quantitative estimate of drug-likeness (QED) is 0.136. The summed E-state index contributed by atoms with van der Waals surface area (Å²) in [6, 6.07) is 83.7. The van der Waals surface area contributed by atoms with Crippen molar-refractivity contribution in [2.45, 2.75) is 13.8 Å². The van der Waals surface area contributed by atoms with Gasteiger partial charge >= 0.3 is 367 Å². The number of benzene rings is 9. The molecule has 9 aromatic carbocycles. The Morgan fingerprint density at radius 3 is 1.22 bits per heavy atom. The molecule has 0 aliphatic carbocycles. The van der Waals surface area contributed by atoms with Crippen LogP contribution in [0.1, 0.15) is 11.1 Å². The summed E-state index contributed by atoms with van der Waals surface area (Å²) >= 11 is -3.57. The van der Waals surface area contributed by atoms with Crippen LogP contribution in [0.4, 0.5) is 0 Å². The van der Waals surface area contributed by atoms with Gasteiger partial charge in [0.15, 0.2) is 0 Å². The number of aromatic nitrogens is 4. The van der Waals surface area contributed by atoms with Crippen molar-refractivity contribution in [1.82, 2.24) is 19.5 Å². The van der Waals surface area contributed by atoms with E-state index in [4.69, 9.17) is 15.0 Å². The first kappa shape index (κ1) is 39.2. The van der Waals surface area contributed by atoms with E-state index in [0.717, 1.165) is 44.5 Å². The van der Waals surface area contributed by atoms with E-state index in [1.165, 1.54) is 39.5 Å². The van der Waals surface area contributed by atoms with Gasteiger partial charge in [-0.2, -0.15) is 0 Å². The Balaban J connectivity index is 1.20. The number of fused-ring (bicyclic) bond motifs is 3. The molecule has 0 bridgehead atoms. The molecule has 4 nitrogen and oxygen atoms in total. The molecule has 0 fully saturated rings. The van der Waals surface area contributed by atoms with Crippen LogP contribution in [0.15, 0.2) is 231 Å². The van der Waals surface area contributed by atoms with E-state index >= 15 is 0 Å². The molecule has 0 aliphatic rings. The Morgan fingerprint density at radius 2 is 0.734 bits per heavy atom. The van der Waals surface area contributed by atoms with Crippen LogP contribution in [-0.2, 0) is 0 Å². The second-order valence-electron chi connectivity index (χ2n) is 16.6. The number of hydrogen-bond donors (Lipinski definition) is 0. The van der Waals surface area contributed by atoms with Crippen LogP contribution >= 0.6 is 0 Å². The van der Waals surface area contributed by atoms with Crippen molar-refractivity contribution in [3.63, 3.8) is 0 Å². The maximum atomic E-state index is 5.35. The second kappa shape index (κ2) is 16.6. The molecule has 0 unspecified atom stereocenters. The first-order valence-electron chi connectivity index (χ1n) is 21.9. The molecule has 0 radical (unpaired) electrons. The third kappa shape index (κ3) is 6.93. The standard InChI is InChI=1S/C59H44GeN4/c1-41-31-34-51-52-35-32-42(2)38-56(52)64(55(51)37-41)54-36-33-46(40-53(54)59-62-57(43-19-8-3-9-20-43)61-58(63-59)44-21-10-4-11-22-44)45-23-18-30-50(39-45)60(47-24-12-5-13-25-47,48-26-14-6-15-27-48)49-28-16-7-17-29-49/h3-40H,1-2H3. The minimum absolute atomic E-state index is 0.612. The Bertz CT molecular complexity index is 3230. The zero-order valence-corrected chi connectivity index (χ0v) is 37.8. The van der Waals surface area contributed by atoms with Gasteiger partial charge in [0.2, 0.25) is 0 Å². The minimum atomic E-state index is -3.57. The molecule has 0 amide bonds. The zero-order valence-electron chi connectivity index (χ0n) is 35.7.